The van der Waals surface area contributed by atoms with Gasteiger partial charge in [0.1, 0.15) is 29.5 Å². The molecule has 0 radical (unpaired) electrons. The maximum absolute atomic E-state index is 13.9. The fraction of sp³-hybridized carbons (Fsp3) is 0.200. The number of anilines is 1. The van der Waals surface area contributed by atoms with Crippen LogP contribution in [-0.4, -0.2) is 28.2 Å². The number of nitrogens with one attached hydrogen (secondary N) is 1. The number of thiophene rings is 1. The first-order valence-corrected chi connectivity index (χ1v) is 9.57. The van der Waals surface area contributed by atoms with Crippen molar-refractivity contribution in [3.8, 4) is 16.3 Å². The number of benzene rings is 1. The highest BCUT2D eigenvalue weighted by molar-refractivity contribution is 7.13. The summed E-state index contributed by atoms with van der Waals surface area (Å²) in [4.78, 5) is 9.16. The average Bonchev–Trinajstić information content (AvgIpc) is 3.25. The van der Waals surface area contributed by atoms with Crippen molar-refractivity contribution in [3.05, 3.63) is 59.4 Å². The lowest BCUT2D eigenvalue weighted by atomic mass is 10.2. The minimum atomic E-state index is -0.333. The third kappa shape index (κ3) is 3.55. The Morgan fingerprint density at radius 1 is 1.11 bits per heavy atom. The number of ether oxygens (including phenoxy) is 1. The molecule has 0 unspecified atom stereocenters. The van der Waals surface area contributed by atoms with Crippen molar-refractivity contribution in [3.63, 3.8) is 0 Å². The predicted molar refractivity (Wildman–Crippen MR) is 107 cm³/mol. The second-order valence-corrected chi connectivity index (χ2v) is 7.23. The van der Waals surface area contributed by atoms with Gasteiger partial charge in [-0.2, -0.15) is 0 Å². The molecule has 0 aliphatic heterocycles. The maximum atomic E-state index is 13.9. The van der Waals surface area contributed by atoms with E-state index in [4.69, 9.17) is 4.74 Å². The van der Waals surface area contributed by atoms with E-state index in [0.717, 1.165) is 21.5 Å². The Morgan fingerprint density at radius 2 is 1.96 bits per heavy atom. The summed E-state index contributed by atoms with van der Waals surface area (Å²) in [5.41, 5.74) is 2.47. The zero-order chi connectivity index (χ0) is 19.7. The molecule has 0 spiro atoms. The highest BCUT2D eigenvalue weighted by Gasteiger charge is 2.12. The van der Waals surface area contributed by atoms with Crippen molar-refractivity contribution in [1.29, 1.82) is 0 Å². The predicted octanol–water partition coefficient (Wildman–Crippen LogP) is 4.87. The molecule has 0 aliphatic carbocycles. The second kappa shape index (κ2) is 7.55. The smallest absolute Gasteiger partial charge is 0.134 e. The van der Waals surface area contributed by atoms with E-state index >= 15 is 0 Å². The minimum absolute atomic E-state index is 0.272. The van der Waals surface area contributed by atoms with Crippen LogP contribution in [0, 0.1) is 18.6 Å². The molecule has 4 rings (SSSR count). The second-order valence-electron chi connectivity index (χ2n) is 6.32. The zero-order valence-corrected chi connectivity index (χ0v) is 16.2. The lowest BCUT2D eigenvalue weighted by Gasteiger charge is -2.11. The summed E-state index contributed by atoms with van der Waals surface area (Å²) in [6, 6.07) is 8.13. The summed E-state index contributed by atoms with van der Waals surface area (Å²) >= 11 is 1.30. The molecule has 0 fully saturated rings. The normalized spacial score (nSPS) is 11.1. The molecule has 0 bridgehead atoms. The van der Waals surface area contributed by atoms with Crippen LogP contribution in [0.15, 0.2) is 42.0 Å². The molecule has 8 heteroatoms. The van der Waals surface area contributed by atoms with Crippen LogP contribution in [0.5, 0.6) is 5.75 Å². The van der Waals surface area contributed by atoms with Gasteiger partial charge in [-0.1, -0.05) is 0 Å². The molecule has 0 atom stereocenters. The monoisotopic (exact) mass is 400 g/mol. The Labute approximate surface area is 164 Å². The number of halogens is 2. The van der Waals surface area contributed by atoms with E-state index < -0.39 is 0 Å². The van der Waals surface area contributed by atoms with E-state index in [1.807, 2.05) is 17.6 Å². The molecule has 0 aliphatic rings. The number of nitrogens with zero attached hydrogens (tertiary/aromatic N) is 3. The molecule has 0 amide bonds. The first-order chi connectivity index (χ1) is 13.5. The zero-order valence-electron chi connectivity index (χ0n) is 15.4. The molecule has 1 aromatic carbocycles. The molecular weight excluding hydrogens is 382 g/mol. The lowest BCUT2D eigenvalue weighted by molar-refractivity contribution is 0.416. The summed E-state index contributed by atoms with van der Waals surface area (Å²) < 4.78 is 34.5. The van der Waals surface area contributed by atoms with Crippen molar-refractivity contribution in [1.82, 2.24) is 14.5 Å². The molecule has 3 heterocycles. The molecule has 1 N–H and O–H groups in total. The van der Waals surface area contributed by atoms with Gasteiger partial charge in [-0.15, -0.1) is 11.3 Å². The Hall–Kier alpha value is -3.00. The number of hydrogen-bond donors (Lipinski definition) is 1. The van der Waals surface area contributed by atoms with Crippen LogP contribution >= 0.6 is 11.3 Å². The Kier molecular flexibility index (Phi) is 4.95. The van der Waals surface area contributed by atoms with Crippen molar-refractivity contribution in [2.75, 3.05) is 19.0 Å². The van der Waals surface area contributed by atoms with Gasteiger partial charge in [0.25, 0.3) is 0 Å². The van der Waals surface area contributed by atoms with E-state index in [0.29, 0.717) is 30.4 Å². The van der Waals surface area contributed by atoms with Crippen LogP contribution in [0.1, 0.15) is 5.69 Å². The summed E-state index contributed by atoms with van der Waals surface area (Å²) in [6.07, 6.45) is 1.45. The summed E-state index contributed by atoms with van der Waals surface area (Å²) in [5, 5.41) is 5.57. The number of aromatic nitrogens is 3. The molecule has 3 aromatic heterocycles. The molecule has 28 heavy (non-hydrogen) atoms. The number of hydrogen-bond acceptors (Lipinski definition) is 5. The standard InChI is InChI=1S/C20H18F2N4OS/c1-12-5-15-17(6-13(21)7-18(15)27-2)26(12)4-3-23-20-9-16(24-11-25-20)19-8-14(22)10-28-19/h5-11H,3-4H2,1-2H3,(H,23,24,25). The summed E-state index contributed by atoms with van der Waals surface area (Å²) in [5.74, 6) is 0.566. The number of fused-ring (bicyclic) bond motifs is 1. The van der Waals surface area contributed by atoms with Crippen molar-refractivity contribution >= 4 is 28.1 Å². The van der Waals surface area contributed by atoms with Gasteiger partial charge < -0.3 is 14.6 Å². The van der Waals surface area contributed by atoms with Crippen LogP contribution in [-0.2, 0) is 6.54 Å². The first kappa shape index (κ1) is 18.4. The van der Waals surface area contributed by atoms with E-state index in [-0.39, 0.29) is 11.6 Å². The fourth-order valence-electron chi connectivity index (χ4n) is 3.22. The van der Waals surface area contributed by atoms with Gasteiger partial charge in [0.2, 0.25) is 0 Å². The van der Waals surface area contributed by atoms with Crippen molar-refractivity contribution in [2.24, 2.45) is 0 Å². The van der Waals surface area contributed by atoms with E-state index in [1.54, 1.807) is 6.07 Å². The third-order valence-electron chi connectivity index (χ3n) is 4.50. The van der Waals surface area contributed by atoms with Gasteiger partial charge >= 0.3 is 0 Å². The topological polar surface area (TPSA) is 52.0 Å². The van der Waals surface area contributed by atoms with Gasteiger partial charge in [0, 0.05) is 41.7 Å². The summed E-state index contributed by atoms with van der Waals surface area (Å²) in [7, 11) is 1.54. The molecule has 0 saturated heterocycles. The average molecular weight is 400 g/mol. The minimum Gasteiger partial charge on any atom is -0.496 e. The SMILES string of the molecule is COc1cc(F)cc2c1cc(C)n2CCNc1cc(-c2cc(F)cs2)ncn1. The number of methoxy groups -OCH3 is 1. The van der Waals surface area contributed by atoms with Crippen LogP contribution in [0.3, 0.4) is 0 Å². The maximum Gasteiger partial charge on any atom is 0.134 e. The largest absolute Gasteiger partial charge is 0.496 e. The molecule has 144 valence electrons. The fourth-order valence-corrected chi connectivity index (χ4v) is 3.94. The quantitative estimate of drug-likeness (QED) is 0.502. The van der Waals surface area contributed by atoms with E-state index in [2.05, 4.69) is 15.3 Å². The van der Waals surface area contributed by atoms with Crippen molar-refractivity contribution < 1.29 is 13.5 Å². The Morgan fingerprint density at radius 3 is 2.71 bits per heavy atom. The van der Waals surface area contributed by atoms with Crippen LogP contribution in [0.4, 0.5) is 14.6 Å². The van der Waals surface area contributed by atoms with Gasteiger partial charge in [-0.25, -0.2) is 18.7 Å². The van der Waals surface area contributed by atoms with E-state index in [9.17, 15) is 8.78 Å². The van der Waals surface area contributed by atoms with Crippen LogP contribution in [0.2, 0.25) is 0 Å². The Bertz CT molecular complexity index is 1140. The third-order valence-corrected chi connectivity index (χ3v) is 5.43. The van der Waals surface area contributed by atoms with Crippen LogP contribution < -0.4 is 10.1 Å². The molecule has 5 nitrogen and oxygen atoms in total. The highest BCUT2D eigenvalue weighted by atomic mass is 32.1. The van der Waals surface area contributed by atoms with Gasteiger partial charge in [-0.3, -0.25) is 0 Å². The van der Waals surface area contributed by atoms with Crippen molar-refractivity contribution in [2.45, 2.75) is 13.5 Å². The van der Waals surface area contributed by atoms with Gasteiger partial charge in [0.05, 0.1) is 23.2 Å². The summed E-state index contributed by atoms with van der Waals surface area (Å²) in [6.45, 7) is 3.18. The lowest BCUT2D eigenvalue weighted by Crippen LogP contribution is -2.12. The first-order valence-electron chi connectivity index (χ1n) is 8.69. The van der Waals surface area contributed by atoms with Gasteiger partial charge in [-0.05, 0) is 25.1 Å². The van der Waals surface area contributed by atoms with Gasteiger partial charge in [0.15, 0.2) is 0 Å². The van der Waals surface area contributed by atoms with Crippen LogP contribution in [0.25, 0.3) is 21.5 Å². The molecule has 0 saturated carbocycles. The van der Waals surface area contributed by atoms with E-state index in [1.165, 1.54) is 48.4 Å². The molecule has 4 aromatic rings. The number of rotatable bonds is 6. The Balaban J connectivity index is 1.52. The molecular formula is C20H18F2N4OS. The number of aryl methyl sites for hydroxylation is 1. The highest BCUT2D eigenvalue weighted by Crippen LogP contribution is 2.30.